The summed E-state index contributed by atoms with van der Waals surface area (Å²) in [5, 5.41) is 6.52. The first kappa shape index (κ1) is 54.5. The van der Waals surface area contributed by atoms with Crippen LogP contribution in [-0.4, -0.2) is 117 Å². The van der Waals surface area contributed by atoms with Crippen LogP contribution in [-0.2, 0) is 69.7 Å². The summed E-state index contributed by atoms with van der Waals surface area (Å²) in [5.41, 5.74) is 18.4. The second-order valence-electron chi connectivity index (χ2n) is 20.0. The largest absolute Gasteiger partial charge is 0.318 e. The molecule has 0 amide bonds. The smallest absolute Gasteiger partial charge is 0.135 e. The fourth-order valence-electron chi connectivity index (χ4n) is 9.83. The van der Waals surface area contributed by atoms with Gasteiger partial charge >= 0.3 is 0 Å². The molecule has 0 radical (unpaired) electrons. The molecular weight excluding hydrogens is 912 g/mol. The minimum absolute atomic E-state index is 0.411. The third-order valence-electron chi connectivity index (χ3n) is 13.8. The summed E-state index contributed by atoms with van der Waals surface area (Å²) in [6, 6.07) is 30.1. The molecule has 0 aliphatic carbocycles. The number of ketones is 1. The van der Waals surface area contributed by atoms with Gasteiger partial charge in [0.2, 0.25) is 0 Å². The molecule has 11 nitrogen and oxygen atoms in total. The fourth-order valence-corrected chi connectivity index (χ4v) is 10.1. The van der Waals surface area contributed by atoms with Crippen molar-refractivity contribution in [3.8, 4) is 0 Å². The number of likely N-dealkylation sites (N-methyl/N-ethyl adjacent to an activating group) is 1. The Kier molecular flexibility index (Phi) is 21.9. The molecule has 0 spiro atoms. The predicted molar refractivity (Wildman–Crippen MR) is 294 cm³/mol. The molecule has 1 saturated heterocycles. The Morgan fingerprint density at radius 3 is 1.39 bits per heavy atom. The number of carbonyl (C=O) groups is 1. The normalized spacial score (nSPS) is 16.6. The molecule has 2 N–H and O–H groups in total. The van der Waals surface area contributed by atoms with Crippen LogP contribution in [0.25, 0.3) is 0 Å². The van der Waals surface area contributed by atoms with Crippen molar-refractivity contribution in [2.45, 2.75) is 105 Å². The highest BCUT2D eigenvalue weighted by atomic mass is 35.5. The molecule has 2 aromatic carbocycles. The molecule has 72 heavy (non-hydrogen) atoms. The quantitative estimate of drug-likeness (QED) is 0.136. The summed E-state index contributed by atoms with van der Waals surface area (Å²) in [6.07, 6.45) is 13.6. The lowest BCUT2D eigenvalue weighted by molar-refractivity contribution is -0.121. The Hall–Kier alpha value is -5.24. The van der Waals surface area contributed by atoms with Crippen molar-refractivity contribution in [2.24, 2.45) is 0 Å². The van der Waals surface area contributed by atoms with Crippen molar-refractivity contribution >= 4 is 17.4 Å². The van der Waals surface area contributed by atoms with Crippen LogP contribution < -0.4 is 10.6 Å². The van der Waals surface area contributed by atoms with Gasteiger partial charge in [0.25, 0.3) is 0 Å². The van der Waals surface area contributed by atoms with E-state index in [1.165, 1.54) is 78.4 Å². The van der Waals surface area contributed by atoms with Gasteiger partial charge in [-0.05, 0) is 90.4 Å². The molecule has 9 heterocycles. The molecule has 1 fully saturated rings. The van der Waals surface area contributed by atoms with Gasteiger partial charge in [0.15, 0.2) is 0 Å². The van der Waals surface area contributed by atoms with E-state index in [9.17, 15) is 4.79 Å². The van der Waals surface area contributed by atoms with Crippen LogP contribution >= 0.6 is 11.6 Å². The molecule has 0 saturated carbocycles. The lowest BCUT2D eigenvalue weighted by Crippen LogP contribution is -2.35. The van der Waals surface area contributed by atoms with Gasteiger partial charge in [0, 0.05) is 190 Å². The molecular formula is C60H79ClN10O. The number of halogens is 1. The van der Waals surface area contributed by atoms with Crippen molar-refractivity contribution in [1.82, 2.24) is 50.2 Å². The average molecular weight is 992 g/mol. The lowest BCUT2D eigenvalue weighted by Gasteiger charge is -2.28. The third kappa shape index (κ3) is 17.8. The molecule has 5 aliphatic rings. The van der Waals surface area contributed by atoms with Crippen molar-refractivity contribution < 1.29 is 4.79 Å². The number of alkyl halides is 1. The SMILES string of the molecule is CNCCN1CCc2ncc(C)cc2C1.Cc1cnc2c(c1)CN(CCCl)CC2.Cc1cnc2c(c1)CN(Cc1ccccc1)CC2.Cc1cnc2c(c1)CNCC2.O=C1CCN(Cc2ccccc2)CC1. The predicted octanol–water partition coefficient (Wildman–Crippen LogP) is 8.79. The molecule has 0 unspecified atom stereocenters. The minimum atomic E-state index is 0.411. The summed E-state index contributed by atoms with van der Waals surface area (Å²) in [7, 11) is 2.00. The Morgan fingerprint density at radius 1 is 0.514 bits per heavy atom. The molecule has 0 atom stereocenters. The molecule has 5 aliphatic heterocycles. The highest BCUT2D eigenvalue weighted by molar-refractivity contribution is 6.18. The number of rotatable bonds is 9. The van der Waals surface area contributed by atoms with Crippen molar-refractivity contribution in [2.75, 3.05) is 71.8 Å². The second-order valence-corrected chi connectivity index (χ2v) is 20.4. The number of hydrogen-bond donors (Lipinski definition) is 2. The van der Waals surface area contributed by atoms with E-state index in [2.05, 4.69) is 157 Å². The van der Waals surface area contributed by atoms with Crippen LogP contribution in [0.3, 0.4) is 0 Å². The summed E-state index contributed by atoms with van der Waals surface area (Å²) >= 11 is 5.74. The van der Waals surface area contributed by atoms with Crippen LogP contribution in [0.15, 0.2) is 110 Å². The van der Waals surface area contributed by atoms with Crippen LogP contribution in [0.2, 0.25) is 0 Å². The van der Waals surface area contributed by atoms with E-state index < -0.39 is 0 Å². The van der Waals surface area contributed by atoms with Gasteiger partial charge in [0.1, 0.15) is 5.78 Å². The monoisotopic (exact) mass is 991 g/mol. The second kappa shape index (κ2) is 28.9. The first-order chi connectivity index (χ1) is 35.1. The maximum Gasteiger partial charge on any atom is 0.135 e. The summed E-state index contributed by atoms with van der Waals surface area (Å²) < 4.78 is 0. The zero-order valence-corrected chi connectivity index (χ0v) is 44.6. The van der Waals surface area contributed by atoms with E-state index in [1.807, 2.05) is 37.9 Å². The highest BCUT2D eigenvalue weighted by Crippen LogP contribution is 2.21. The summed E-state index contributed by atoms with van der Waals surface area (Å²) in [6.45, 7) is 23.9. The number of hydrogen-bond acceptors (Lipinski definition) is 11. The molecule has 382 valence electrons. The standard InChI is InChI=1S/C16H18N2.C12H19N3.C12H15NO.C11H15ClN2.C9H12N2/c1-13-9-15-12-18(8-7-16(15)17-10-13)11-14-5-3-2-4-6-14;1-10-7-11-9-15(6-4-13-2)5-3-12(11)14-8-10;14-12-6-8-13(9-7-12)10-11-4-2-1-3-5-11;1-9-6-10-8-14(5-3-12)4-2-11(10)13-7-9;1-7-4-8-6-10-3-2-9(8)11-5-7/h2-6,9-10H,7-8,11-12H2,1H3;7-8,13H,3-6,9H2,1-2H3;1-5H,6-10H2;6-7H,2-5,8H2,1H3;4-5,10H,2-3,6H2,1H3. The maximum atomic E-state index is 11.0. The number of pyridine rings is 4. The number of piperidine rings is 1. The minimum Gasteiger partial charge on any atom is -0.318 e. The zero-order valence-electron chi connectivity index (χ0n) is 43.8. The number of nitrogens with one attached hydrogen (secondary N) is 2. The van der Waals surface area contributed by atoms with Gasteiger partial charge in [-0.1, -0.05) is 84.9 Å². The van der Waals surface area contributed by atoms with Crippen molar-refractivity contribution in [1.29, 1.82) is 0 Å². The van der Waals surface area contributed by atoms with Gasteiger partial charge in [-0.25, -0.2) is 0 Å². The van der Waals surface area contributed by atoms with E-state index in [-0.39, 0.29) is 0 Å². The summed E-state index contributed by atoms with van der Waals surface area (Å²) in [5.74, 6) is 1.13. The van der Waals surface area contributed by atoms with E-state index in [0.717, 1.165) is 137 Å². The molecule has 12 heteroatoms. The molecule has 11 rings (SSSR count). The van der Waals surface area contributed by atoms with Crippen LogP contribution in [0.1, 0.15) is 91.3 Å². The number of benzene rings is 2. The van der Waals surface area contributed by atoms with Gasteiger partial charge in [0.05, 0.1) is 0 Å². The van der Waals surface area contributed by atoms with Crippen molar-refractivity contribution in [3.05, 3.63) is 188 Å². The first-order valence-electron chi connectivity index (χ1n) is 26.3. The Bertz CT molecular complexity index is 2580. The average Bonchev–Trinajstić information content (AvgIpc) is 3.40. The first-order valence-corrected chi connectivity index (χ1v) is 26.8. The maximum absolute atomic E-state index is 11.0. The topological polar surface area (TPSA) is 106 Å². The van der Waals surface area contributed by atoms with Crippen LogP contribution in [0.4, 0.5) is 0 Å². The van der Waals surface area contributed by atoms with Gasteiger partial charge < -0.3 is 10.6 Å². The van der Waals surface area contributed by atoms with Gasteiger partial charge in [-0.2, -0.15) is 0 Å². The van der Waals surface area contributed by atoms with Crippen LogP contribution in [0, 0.1) is 27.7 Å². The Balaban J connectivity index is 0.000000133. The van der Waals surface area contributed by atoms with Crippen LogP contribution in [0.5, 0.6) is 0 Å². The lowest BCUT2D eigenvalue weighted by atomic mass is 10.0. The molecule has 4 aromatic heterocycles. The summed E-state index contributed by atoms with van der Waals surface area (Å²) in [4.78, 5) is 38.6. The number of fused-ring (bicyclic) bond motifs is 4. The van der Waals surface area contributed by atoms with E-state index in [1.54, 1.807) is 0 Å². The number of aromatic nitrogens is 4. The van der Waals surface area contributed by atoms with Gasteiger partial charge in [-0.15, -0.1) is 11.6 Å². The molecule has 6 aromatic rings. The zero-order chi connectivity index (χ0) is 50.5. The number of carbonyl (C=O) groups excluding carboxylic acids is 1. The van der Waals surface area contributed by atoms with Gasteiger partial charge in [-0.3, -0.25) is 44.3 Å². The Labute approximate surface area is 435 Å². The van der Waals surface area contributed by atoms with Crippen molar-refractivity contribution in [3.63, 3.8) is 0 Å². The number of Topliss-reactive ketones (excluding diaryl/α,β-unsaturated/α-hetero) is 1. The molecule has 0 bridgehead atoms. The van der Waals surface area contributed by atoms with E-state index in [0.29, 0.717) is 11.7 Å². The highest BCUT2D eigenvalue weighted by Gasteiger charge is 2.20. The fraction of sp³-hybridized carbons (Fsp3) is 0.450. The Morgan fingerprint density at radius 2 is 0.917 bits per heavy atom. The number of aryl methyl sites for hydroxylation is 4. The number of nitrogens with zero attached hydrogens (tertiary/aromatic N) is 8. The third-order valence-corrected chi connectivity index (χ3v) is 14.0. The van der Waals surface area contributed by atoms with E-state index in [4.69, 9.17) is 11.6 Å². The van der Waals surface area contributed by atoms with E-state index >= 15 is 0 Å². The number of likely N-dealkylation sites (tertiary alicyclic amines) is 1.